The third-order valence-electron chi connectivity index (χ3n) is 10.8. The van der Waals surface area contributed by atoms with Crippen LogP contribution in [0.2, 0.25) is 0 Å². The van der Waals surface area contributed by atoms with Gasteiger partial charge in [0.25, 0.3) is 0 Å². The molecule has 0 fully saturated rings. The Kier molecular flexibility index (Phi) is 7.68. The van der Waals surface area contributed by atoms with Crippen molar-refractivity contribution in [2.45, 2.75) is 0 Å². The Balaban J connectivity index is 1.24. The van der Waals surface area contributed by atoms with E-state index in [1.807, 2.05) is 23.5 Å². The zero-order chi connectivity index (χ0) is 37.0. The van der Waals surface area contributed by atoms with Gasteiger partial charge in [0.2, 0.25) is 0 Å². The average molecular weight is 735 g/mol. The molecule has 0 N–H and O–H groups in total. The Morgan fingerprint density at radius 1 is 0.357 bits per heavy atom. The van der Waals surface area contributed by atoms with Gasteiger partial charge in [0.15, 0.2) is 0 Å². The molecular formula is C52H34N2OS. The van der Waals surface area contributed by atoms with Gasteiger partial charge in [-0.1, -0.05) is 121 Å². The van der Waals surface area contributed by atoms with E-state index < -0.39 is 0 Å². The average Bonchev–Trinajstić information content (AvgIpc) is 3.83. The van der Waals surface area contributed by atoms with Crippen molar-refractivity contribution in [3.8, 4) is 11.1 Å². The Hall–Kier alpha value is -7.14. The highest BCUT2D eigenvalue weighted by atomic mass is 32.1. The SMILES string of the molecule is c1ccc(N(c2ccc3oc4ccccc4c3c2)c2cccc(-c3ccc4sc5ccccc5c4c3)c2N(c2ccccc2)c2ccc3ccccc3c2)cc1. The second-order valence-corrected chi connectivity index (χ2v) is 15.2. The van der Waals surface area contributed by atoms with Crippen LogP contribution in [0, 0.1) is 0 Å². The van der Waals surface area contributed by atoms with E-state index in [2.05, 4.69) is 204 Å². The molecule has 11 rings (SSSR count). The second-order valence-electron chi connectivity index (χ2n) is 14.1. The maximum Gasteiger partial charge on any atom is 0.135 e. The Labute approximate surface area is 328 Å². The molecule has 0 saturated carbocycles. The molecule has 0 aliphatic rings. The molecule has 0 unspecified atom stereocenters. The van der Waals surface area contributed by atoms with Crippen molar-refractivity contribution in [3.05, 3.63) is 206 Å². The first-order valence-electron chi connectivity index (χ1n) is 18.9. The topological polar surface area (TPSA) is 19.6 Å². The molecule has 11 aromatic rings. The number of rotatable bonds is 7. The lowest BCUT2D eigenvalue weighted by Crippen LogP contribution is -2.18. The first-order valence-corrected chi connectivity index (χ1v) is 19.7. The van der Waals surface area contributed by atoms with Crippen LogP contribution in [0.15, 0.2) is 211 Å². The van der Waals surface area contributed by atoms with Crippen LogP contribution in [-0.2, 0) is 0 Å². The molecule has 56 heavy (non-hydrogen) atoms. The zero-order valence-electron chi connectivity index (χ0n) is 30.3. The fourth-order valence-corrected chi connectivity index (χ4v) is 9.32. The zero-order valence-corrected chi connectivity index (χ0v) is 31.2. The van der Waals surface area contributed by atoms with E-state index in [0.29, 0.717) is 0 Å². The predicted octanol–water partition coefficient (Wildman–Crippen LogP) is 15.7. The number of fused-ring (bicyclic) bond motifs is 7. The van der Waals surface area contributed by atoms with Gasteiger partial charge < -0.3 is 14.2 Å². The highest BCUT2D eigenvalue weighted by Crippen LogP contribution is 2.51. The van der Waals surface area contributed by atoms with Crippen LogP contribution >= 0.6 is 11.3 Å². The number of furan rings is 1. The smallest absolute Gasteiger partial charge is 0.135 e. The van der Waals surface area contributed by atoms with Gasteiger partial charge >= 0.3 is 0 Å². The van der Waals surface area contributed by atoms with Gasteiger partial charge in [-0.2, -0.15) is 0 Å². The van der Waals surface area contributed by atoms with Crippen LogP contribution in [0.25, 0.3) is 64.0 Å². The van der Waals surface area contributed by atoms with Crippen LogP contribution in [0.4, 0.5) is 34.1 Å². The number of thiophene rings is 1. The molecule has 0 bridgehead atoms. The molecule has 9 aromatic carbocycles. The van der Waals surface area contributed by atoms with Gasteiger partial charge in [-0.25, -0.2) is 0 Å². The standard InChI is InChI=1S/C52H34N2OS/c1-3-16-38(17-4-1)53(41-29-30-49-45(34-41)43-20-9-11-24-48(43)55-49)47-23-13-22-42(37-27-31-51-46(33-37)44-21-10-12-25-50(44)56-51)52(47)54(39-18-5-2-6-19-39)40-28-26-35-14-7-8-15-36(35)32-40/h1-34H. The number of para-hydroxylation sites is 4. The van der Waals surface area contributed by atoms with Gasteiger partial charge in [0.05, 0.1) is 11.4 Å². The van der Waals surface area contributed by atoms with E-state index in [4.69, 9.17) is 4.42 Å². The number of hydrogen-bond donors (Lipinski definition) is 0. The van der Waals surface area contributed by atoms with Crippen molar-refractivity contribution >= 4 is 98.3 Å². The van der Waals surface area contributed by atoms with Crippen LogP contribution in [0.1, 0.15) is 0 Å². The maximum atomic E-state index is 6.32. The van der Waals surface area contributed by atoms with Crippen LogP contribution < -0.4 is 9.80 Å². The summed E-state index contributed by atoms with van der Waals surface area (Å²) in [5.74, 6) is 0. The van der Waals surface area contributed by atoms with E-state index in [9.17, 15) is 0 Å². The molecule has 0 aliphatic heterocycles. The highest BCUT2D eigenvalue weighted by molar-refractivity contribution is 7.25. The molecular weight excluding hydrogens is 701 g/mol. The van der Waals surface area contributed by atoms with Gasteiger partial charge in [-0.15, -0.1) is 11.3 Å². The largest absolute Gasteiger partial charge is 0.456 e. The number of benzene rings is 9. The van der Waals surface area contributed by atoms with E-state index in [-0.39, 0.29) is 0 Å². The molecule has 2 heterocycles. The summed E-state index contributed by atoms with van der Waals surface area (Å²) in [4.78, 5) is 4.84. The fourth-order valence-electron chi connectivity index (χ4n) is 8.23. The molecule has 4 heteroatoms. The van der Waals surface area contributed by atoms with E-state index in [0.717, 1.165) is 67.2 Å². The molecule has 0 saturated heterocycles. The maximum absolute atomic E-state index is 6.32. The molecule has 0 amide bonds. The van der Waals surface area contributed by atoms with Crippen molar-refractivity contribution in [2.24, 2.45) is 0 Å². The first-order chi connectivity index (χ1) is 27.8. The lowest BCUT2D eigenvalue weighted by molar-refractivity contribution is 0.669. The minimum atomic E-state index is 0.871. The highest BCUT2D eigenvalue weighted by Gasteiger charge is 2.26. The number of nitrogens with zero attached hydrogens (tertiary/aromatic N) is 2. The summed E-state index contributed by atoms with van der Waals surface area (Å²) < 4.78 is 8.91. The second kappa shape index (κ2) is 13.3. The first kappa shape index (κ1) is 32.3. The summed E-state index contributed by atoms with van der Waals surface area (Å²) in [6.45, 7) is 0. The van der Waals surface area contributed by atoms with E-state index >= 15 is 0 Å². The number of anilines is 6. The van der Waals surface area contributed by atoms with Gasteiger partial charge in [0.1, 0.15) is 11.2 Å². The van der Waals surface area contributed by atoms with Crippen LogP contribution in [-0.4, -0.2) is 0 Å². The van der Waals surface area contributed by atoms with Crippen molar-refractivity contribution in [2.75, 3.05) is 9.80 Å². The Morgan fingerprint density at radius 2 is 1.00 bits per heavy atom. The normalized spacial score (nSPS) is 11.6. The molecule has 0 atom stereocenters. The Morgan fingerprint density at radius 3 is 1.84 bits per heavy atom. The van der Waals surface area contributed by atoms with Gasteiger partial charge in [0, 0.05) is 59.3 Å². The van der Waals surface area contributed by atoms with Crippen molar-refractivity contribution in [1.82, 2.24) is 0 Å². The molecule has 0 aliphatic carbocycles. The lowest BCUT2D eigenvalue weighted by atomic mass is 9.97. The minimum absolute atomic E-state index is 0.871. The lowest BCUT2D eigenvalue weighted by Gasteiger charge is -2.35. The van der Waals surface area contributed by atoms with Gasteiger partial charge in [-0.05, 0) is 101 Å². The molecule has 0 spiro atoms. The van der Waals surface area contributed by atoms with Crippen molar-refractivity contribution < 1.29 is 4.42 Å². The summed E-state index contributed by atoms with van der Waals surface area (Å²) in [5, 5.41) is 7.14. The summed E-state index contributed by atoms with van der Waals surface area (Å²) in [5.41, 5.74) is 10.4. The van der Waals surface area contributed by atoms with Gasteiger partial charge in [-0.3, -0.25) is 0 Å². The minimum Gasteiger partial charge on any atom is -0.456 e. The molecule has 0 radical (unpaired) electrons. The molecule has 3 nitrogen and oxygen atoms in total. The summed E-state index contributed by atoms with van der Waals surface area (Å²) in [6, 6.07) is 74.2. The monoisotopic (exact) mass is 734 g/mol. The van der Waals surface area contributed by atoms with Crippen LogP contribution in [0.5, 0.6) is 0 Å². The summed E-state index contributed by atoms with van der Waals surface area (Å²) in [6.07, 6.45) is 0. The van der Waals surface area contributed by atoms with Crippen molar-refractivity contribution in [1.29, 1.82) is 0 Å². The fraction of sp³-hybridized carbons (Fsp3) is 0. The molecule has 264 valence electrons. The quantitative estimate of drug-likeness (QED) is 0.163. The van der Waals surface area contributed by atoms with E-state index in [1.165, 1.54) is 30.9 Å². The third-order valence-corrected chi connectivity index (χ3v) is 12.0. The summed E-state index contributed by atoms with van der Waals surface area (Å²) in [7, 11) is 0. The molecule has 2 aromatic heterocycles. The number of hydrogen-bond acceptors (Lipinski definition) is 4. The summed E-state index contributed by atoms with van der Waals surface area (Å²) >= 11 is 1.85. The van der Waals surface area contributed by atoms with Crippen molar-refractivity contribution in [3.63, 3.8) is 0 Å². The predicted molar refractivity (Wildman–Crippen MR) is 239 cm³/mol. The Bertz CT molecular complexity index is 3220. The van der Waals surface area contributed by atoms with Crippen LogP contribution in [0.3, 0.4) is 0 Å². The van der Waals surface area contributed by atoms with E-state index in [1.54, 1.807) is 0 Å². The third kappa shape index (κ3) is 5.42.